The zero-order valence-corrected chi connectivity index (χ0v) is 15.8. The molecule has 3 heterocycles. The minimum absolute atomic E-state index is 0. The maximum Gasteiger partial charge on any atom is 0.105 e. The zero-order valence-electron chi connectivity index (χ0n) is 14.1. The highest BCUT2D eigenvalue weighted by atomic mass is 35.5. The van der Waals surface area contributed by atoms with E-state index in [9.17, 15) is 0 Å². The second-order valence-corrected chi connectivity index (χ2v) is 6.09. The first-order chi connectivity index (χ1) is 11.3. The van der Waals surface area contributed by atoms with Gasteiger partial charge in [-0.1, -0.05) is 24.3 Å². The lowest BCUT2D eigenvalue weighted by atomic mass is 9.99. The number of imidazole rings is 1. The Balaban J connectivity index is 0.00000113. The molecule has 1 aliphatic rings. The summed E-state index contributed by atoms with van der Waals surface area (Å²) in [6.45, 7) is 4.85. The Labute approximate surface area is 160 Å². The molecule has 0 fully saturated rings. The van der Waals surface area contributed by atoms with E-state index in [0.717, 1.165) is 31.9 Å². The van der Waals surface area contributed by atoms with Crippen LogP contribution in [0.25, 0.3) is 0 Å². The third-order valence-corrected chi connectivity index (χ3v) is 4.55. The number of aromatic nitrogens is 3. The van der Waals surface area contributed by atoms with Crippen LogP contribution in [0.3, 0.4) is 0 Å². The Morgan fingerprint density at radius 1 is 1.08 bits per heavy atom. The molecule has 1 aromatic carbocycles. The SMILES string of the molecule is Cc1nccn1Cc1cncc(N2CCc3ccccc3C2)c1.Cl.Cl. The number of fused-ring (bicyclic) bond motifs is 1. The molecule has 0 radical (unpaired) electrons. The molecule has 0 spiro atoms. The van der Waals surface area contributed by atoms with Gasteiger partial charge in [-0.3, -0.25) is 4.98 Å². The van der Waals surface area contributed by atoms with Crippen molar-refractivity contribution in [3.05, 3.63) is 77.6 Å². The van der Waals surface area contributed by atoms with E-state index in [1.165, 1.54) is 22.4 Å². The largest absolute Gasteiger partial charge is 0.366 e. The Bertz CT molecular complexity index is 832. The standard InChI is InChI=1S/C19H20N4.2ClH/c1-15-21-7-9-22(15)13-16-10-19(12-20-11-16)23-8-6-17-4-2-3-5-18(17)14-23;;/h2-5,7,9-12H,6,8,13-14H2,1H3;2*1H. The van der Waals surface area contributed by atoms with E-state index < -0.39 is 0 Å². The van der Waals surface area contributed by atoms with Crippen LogP contribution in [0.1, 0.15) is 22.5 Å². The Hall–Kier alpha value is -2.04. The molecule has 0 aliphatic carbocycles. The highest BCUT2D eigenvalue weighted by molar-refractivity contribution is 5.85. The van der Waals surface area contributed by atoms with E-state index in [-0.39, 0.29) is 24.8 Å². The van der Waals surface area contributed by atoms with Gasteiger partial charge in [0.25, 0.3) is 0 Å². The fourth-order valence-corrected chi connectivity index (χ4v) is 3.22. The number of aryl methyl sites for hydroxylation is 1. The molecule has 132 valence electrons. The van der Waals surface area contributed by atoms with Crippen molar-refractivity contribution in [2.45, 2.75) is 26.4 Å². The number of halogens is 2. The van der Waals surface area contributed by atoms with Crippen molar-refractivity contribution in [1.29, 1.82) is 0 Å². The Kier molecular flexibility index (Phi) is 6.45. The van der Waals surface area contributed by atoms with E-state index in [4.69, 9.17) is 0 Å². The quantitative estimate of drug-likeness (QED) is 0.691. The molecule has 25 heavy (non-hydrogen) atoms. The molecule has 0 atom stereocenters. The van der Waals surface area contributed by atoms with Crippen LogP contribution in [0.15, 0.2) is 55.1 Å². The molecule has 1 aliphatic heterocycles. The minimum atomic E-state index is 0. The predicted molar refractivity (Wildman–Crippen MR) is 106 cm³/mol. The molecular formula is C19H22Cl2N4. The average molecular weight is 377 g/mol. The Morgan fingerprint density at radius 3 is 2.64 bits per heavy atom. The van der Waals surface area contributed by atoms with Crippen LogP contribution in [-0.4, -0.2) is 21.1 Å². The van der Waals surface area contributed by atoms with E-state index in [1.807, 2.05) is 31.7 Å². The lowest BCUT2D eigenvalue weighted by molar-refractivity contribution is 0.724. The third kappa shape index (κ3) is 4.14. The summed E-state index contributed by atoms with van der Waals surface area (Å²) >= 11 is 0. The van der Waals surface area contributed by atoms with Gasteiger partial charge in [-0.15, -0.1) is 24.8 Å². The van der Waals surface area contributed by atoms with Crippen LogP contribution >= 0.6 is 24.8 Å². The molecule has 2 aromatic heterocycles. The summed E-state index contributed by atoms with van der Waals surface area (Å²) in [5.74, 6) is 1.03. The van der Waals surface area contributed by atoms with Crippen LogP contribution in [0, 0.1) is 6.92 Å². The van der Waals surface area contributed by atoms with Gasteiger partial charge in [0, 0.05) is 31.7 Å². The van der Waals surface area contributed by atoms with E-state index in [0.29, 0.717) is 0 Å². The van der Waals surface area contributed by atoms with Crippen molar-refractivity contribution >= 4 is 30.5 Å². The second kappa shape index (κ2) is 8.37. The van der Waals surface area contributed by atoms with Crippen LogP contribution < -0.4 is 4.90 Å². The molecule has 6 heteroatoms. The molecule has 4 nitrogen and oxygen atoms in total. The van der Waals surface area contributed by atoms with Crippen LogP contribution in [0.2, 0.25) is 0 Å². The van der Waals surface area contributed by atoms with Crippen molar-refractivity contribution in [2.75, 3.05) is 11.4 Å². The van der Waals surface area contributed by atoms with Gasteiger partial charge in [0.1, 0.15) is 5.82 Å². The van der Waals surface area contributed by atoms with Gasteiger partial charge in [-0.05, 0) is 36.1 Å². The van der Waals surface area contributed by atoms with E-state index in [2.05, 4.69) is 49.8 Å². The summed E-state index contributed by atoms with van der Waals surface area (Å²) in [4.78, 5) is 11.1. The van der Waals surface area contributed by atoms with Gasteiger partial charge in [-0.2, -0.15) is 0 Å². The maximum absolute atomic E-state index is 4.45. The van der Waals surface area contributed by atoms with Gasteiger partial charge in [-0.25, -0.2) is 4.98 Å². The van der Waals surface area contributed by atoms with Gasteiger partial charge >= 0.3 is 0 Å². The van der Waals surface area contributed by atoms with Crippen LogP contribution in [0.5, 0.6) is 0 Å². The number of anilines is 1. The van der Waals surface area contributed by atoms with Crippen molar-refractivity contribution in [3.8, 4) is 0 Å². The van der Waals surface area contributed by atoms with Crippen molar-refractivity contribution in [3.63, 3.8) is 0 Å². The fraction of sp³-hybridized carbons (Fsp3) is 0.263. The zero-order chi connectivity index (χ0) is 15.6. The van der Waals surface area contributed by atoms with Gasteiger partial charge in [0.15, 0.2) is 0 Å². The summed E-state index contributed by atoms with van der Waals surface area (Å²) < 4.78 is 2.15. The number of hydrogen-bond acceptors (Lipinski definition) is 3. The molecule has 0 bridgehead atoms. The lowest BCUT2D eigenvalue weighted by Crippen LogP contribution is -2.30. The summed E-state index contributed by atoms with van der Waals surface area (Å²) in [7, 11) is 0. The van der Waals surface area contributed by atoms with Gasteiger partial charge in [0.2, 0.25) is 0 Å². The van der Waals surface area contributed by atoms with Crippen molar-refractivity contribution in [1.82, 2.24) is 14.5 Å². The molecule has 0 unspecified atom stereocenters. The van der Waals surface area contributed by atoms with Gasteiger partial charge < -0.3 is 9.47 Å². The fourth-order valence-electron chi connectivity index (χ4n) is 3.22. The summed E-state index contributed by atoms with van der Waals surface area (Å²) in [6, 6.07) is 11.0. The third-order valence-electron chi connectivity index (χ3n) is 4.55. The number of rotatable bonds is 3. The van der Waals surface area contributed by atoms with E-state index in [1.54, 1.807) is 0 Å². The molecule has 0 saturated carbocycles. The molecule has 0 saturated heterocycles. The number of nitrogens with zero attached hydrogens (tertiary/aromatic N) is 4. The highest BCUT2D eigenvalue weighted by Crippen LogP contribution is 2.24. The minimum Gasteiger partial charge on any atom is -0.366 e. The van der Waals surface area contributed by atoms with E-state index >= 15 is 0 Å². The molecule has 3 aromatic rings. The number of pyridine rings is 1. The molecule has 4 rings (SSSR count). The Morgan fingerprint density at radius 2 is 1.88 bits per heavy atom. The first-order valence-corrected chi connectivity index (χ1v) is 8.03. The first-order valence-electron chi connectivity index (χ1n) is 8.03. The normalized spacial score (nSPS) is 12.8. The maximum atomic E-state index is 4.45. The smallest absolute Gasteiger partial charge is 0.105 e. The van der Waals surface area contributed by atoms with Crippen LogP contribution in [-0.2, 0) is 19.5 Å². The summed E-state index contributed by atoms with van der Waals surface area (Å²) in [5.41, 5.74) is 5.31. The number of hydrogen-bond donors (Lipinski definition) is 0. The van der Waals surface area contributed by atoms with Crippen LogP contribution in [0.4, 0.5) is 5.69 Å². The second-order valence-electron chi connectivity index (χ2n) is 6.09. The number of benzene rings is 1. The molecular weight excluding hydrogens is 355 g/mol. The summed E-state index contributed by atoms with van der Waals surface area (Å²) in [6.07, 6.45) is 8.87. The first kappa shape index (κ1) is 19.3. The monoisotopic (exact) mass is 376 g/mol. The highest BCUT2D eigenvalue weighted by Gasteiger charge is 2.16. The molecule has 0 amide bonds. The van der Waals surface area contributed by atoms with Crippen molar-refractivity contribution < 1.29 is 0 Å². The topological polar surface area (TPSA) is 34.0 Å². The molecule has 0 N–H and O–H groups in total. The van der Waals surface area contributed by atoms with Crippen molar-refractivity contribution in [2.24, 2.45) is 0 Å². The summed E-state index contributed by atoms with van der Waals surface area (Å²) in [5, 5.41) is 0. The van der Waals surface area contributed by atoms with Gasteiger partial charge in [0.05, 0.1) is 18.4 Å². The predicted octanol–water partition coefficient (Wildman–Crippen LogP) is 4.04. The lowest BCUT2D eigenvalue weighted by Gasteiger charge is -2.30. The average Bonchev–Trinajstić information content (AvgIpc) is 2.99.